The molecule has 0 radical (unpaired) electrons. The molecule has 0 aliphatic carbocycles. The predicted molar refractivity (Wildman–Crippen MR) is 105 cm³/mol. The molecule has 1 aliphatic rings. The van der Waals surface area contributed by atoms with Crippen molar-refractivity contribution in [3.63, 3.8) is 0 Å². The molecule has 1 heterocycles. The fourth-order valence-corrected chi connectivity index (χ4v) is 4.38. The van der Waals surface area contributed by atoms with Crippen LogP contribution in [-0.2, 0) is 9.84 Å². The first-order chi connectivity index (χ1) is 12.3. The molecule has 0 aromatic heterocycles. The summed E-state index contributed by atoms with van der Waals surface area (Å²) >= 11 is 0. The second kappa shape index (κ2) is 7.08. The minimum absolute atomic E-state index is 0.0868. The van der Waals surface area contributed by atoms with Gasteiger partial charge in [-0.25, -0.2) is 8.42 Å². The number of anilines is 1. The minimum Gasteiger partial charge on any atom is -0.300 e. The quantitative estimate of drug-likeness (QED) is 0.816. The van der Waals surface area contributed by atoms with Gasteiger partial charge in [-0.1, -0.05) is 43.7 Å². The van der Waals surface area contributed by atoms with Crippen molar-refractivity contribution in [3.8, 4) is 0 Å². The number of aryl methyl sites for hydroxylation is 1. The monoisotopic (exact) mass is 369 g/mol. The predicted octanol–water partition coefficient (Wildman–Crippen LogP) is 4.08. The highest BCUT2D eigenvalue weighted by molar-refractivity contribution is 7.94. The highest BCUT2D eigenvalue weighted by Gasteiger charge is 2.32. The number of carbonyl (C=O) groups excluding carboxylic acids is 1. The highest BCUT2D eigenvalue weighted by Crippen LogP contribution is 2.27. The van der Waals surface area contributed by atoms with Crippen molar-refractivity contribution in [1.82, 2.24) is 0 Å². The minimum atomic E-state index is -3.27. The van der Waals surface area contributed by atoms with E-state index >= 15 is 0 Å². The van der Waals surface area contributed by atoms with Crippen molar-refractivity contribution in [2.24, 2.45) is 0 Å². The Morgan fingerprint density at radius 2 is 1.81 bits per heavy atom. The van der Waals surface area contributed by atoms with Gasteiger partial charge in [0.2, 0.25) is 0 Å². The smallest absolute Gasteiger partial charge is 0.258 e. The zero-order valence-electron chi connectivity index (χ0n) is 15.2. The molecule has 1 aliphatic heterocycles. The van der Waals surface area contributed by atoms with E-state index in [0.29, 0.717) is 17.2 Å². The lowest BCUT2D eigenvalue weighted by atomic mass is 10.0. The van der Waals surface area contributed by atoms with E-state index in [4.69, 9.17) is 0 Å². The fraction of sp³-hybridized carbons (Fsp3) is 0.286. The van der Waals surface area contributed by atoms with Crippen molar-refractivity contribution >= 4 is 21.4 Å². The van der Waals surface area contributed by atoms with Gasteiger partial charge in [-0.15, -0.1) is 0 Å². The van der Waals surface area contributed by atoms with Crippen molar-refractivity contribution in [3.05, 3.63) is 76.7 Å². The van der Waals surface area contributed by atoms with Gasteiger partial charge < -0.3 is 4.90 Å². The van der Waals surface area contributed by atoms with E-state index in [1.807, 2.05) is 49.4 Å². The molecule has 26 heavy (non-hydrogen) atoms. The number of sulfone groups is 1. The number of rotatable bonds is 4. The molecule has 0 N–H and O–H groups in total. The van der Waals surface area contributed by atoms with Gasteiger partial charge in [0.25, 0.3) is 5.91 Å². The summed E-state index contributed by atoms with van der Waals surface area (Å²) in [4.78, 5) is 14.8. The van der Waals surface area contributed by atoms with Gasteiger partial charge in [-0.3, -0.25) is 4.79 Å². The Morgan fingerprint density at radius 1 is 1.12 bits per heavy atom. The SMILES string of the molecule is Cc1cccc(C(=O)N(c2ccc(C(C)C)cc2)[C@@H]2C=CS(=O)(=O)C2)c1. The van der Waals surface area contributed by atoms with Crippen LogP contribution in [0.2, 0.25) is 0 Å². The summed E-state index contributed by atoms with van der Waals surface area (Å²) in [6.07, 6.45) is 1.60. The standard InChI is InChI=1S/C21H23NO3S/c1-15(2)17-7-9-19(10-8-17)22(20-11-12-26(24,25)14-20)21(23)18-6-4-5-16(3)13-18/h4-13,15,20H,14H2,1-3H3/t20-/m1/s1. The van der Waals surface area contributed by atoms with Crippen molar-refractivity contribution < 1.29 is 13.2 Å². The molecule has 0 saturated carbocycles. The van der Waals surface area contributed by atoms with Crippen molar-refractivity contribution in [2.75, 3.05) is 10.7 Å². The number of nitrogens with zero attached hydrogens (tertiary/aromatic N) is 1. The van der Waals surface area contributed by atoms with Crippen LogP contribution >= 0.6 is 0 Å². The Labute approximate surface area is 155 Å². The van der Waals surface area contributed by atoms with Crippen molar-refractivity contribution in [2.45, 2.75) is 32.7 Å². The molecule has 5 heteroatoms. The van der Waals surface area contributed by atoms with E-state index in [1.54, 1.807) is 17.0 Å². The number of amides is 1. The summed E-state index contributed by atoms with van der Waals surface area (Å²) in [6, 6.07) is 14.6. The molecule has 0 unspecified atom stereocenters. The van der Waals surface area contributed by atoms with Gasteiger partial charge in [0.15, 0.2) is 9.84 Å². The van der Waals surface area contributed by atoms with E-state index in [-0.39, 0.29) is 11.7 Å². The first-order valence-corrected chi connectivity index (χ1v) is 10.4. The summed E-state index contributed by atoms with van der Waals surface area (Å²) in [7, 11) is -3.27. The molecule has 1 amide bonds. The Kier molecular flexibility index (Phi) is 5.01. The van der Waals surface area contributed by atoms with Gasteiger partial charge in [0.05, 0.1) is 11.8 Å². The van der Waals surface area contributed by atoms with Crippen LogP contribution in [0.25, 0.3) is 0 Å². The molecule has 1 atom stereocenters. The lowest BCUT2D eigenvalue weighted by Gasteiger charge is -2.28. The van der Waals surface area contributed by atoms with Crippen LogP contribution in [-0.4, -0.2) is 26.1 Å². The molecule has 0 bridgehead atoms. The van der Waals surface area contributed by atoms with E-state index in [2.05, 4.69) is 13.8 Å². The van der Waals surface area contributed by atoms with E-state index in [9.17, 15) is 13.2 Å². The summed E-state index contributed by atoms with van der Waals surface area (Å²) in [5.74, 6) is 0.103. The second-order valence-corrected chi connectivity index (χ2v) is 8.95. The third kappa shape index (κ3) is 3.88. The first-order valence-electron chi connectivity index (χ1n) is 8.68. The lowest BCUT2D eigenvalue weighted by molar-refractivity contribution is 0.0983. The van der Waals surface area contributed by atoms with Crippen LogP contribution < -0.4 is 4.90 Å². The Morgan fingerprint density at radius 3 is 2.35 bits per heavy atom. The van der Waals surface area contributed by atoms with Crippen LogP contribution in [0.15, 0.2) is 60.0 Å². The molecule has 0 fully saturated rings. The molecule has 4 nitrogen and oxygen atoms in total. The molecule has 2 aromatic rings. The molecule has 2 aromatic carbocycles. The van der Waals surface area contributed by atoms with Gasteiger partial charge in [-0.2, -0.15) is 0 Å². The van der Waals surface area contributed by atoms with E-state index in [1.165, 1.54) is 11.0 Å². The third-order valence-corrected chi connectivity index (χ3v) is 5.94. The van der Waals surface area contributed by atoms with E-state index in [0.717, 1.165) is 5.56 Å². The number of hydrogen-bond acceptors (Lipinski definition) is 3. The largest absolute Gasteiger partial charge is 0.300 e. The van der Waals surface area contributed by atoms with Gasteiger partial charge in [0.1, 0.15) is 0 Å². The average molecular weight is 369 g/mol. The Hall–Kier alpha value is -2.40. The molecule has 3 rings (SSSR count). The number of hydrogen-bond donors (Lipinski definition) is 0. The topological polar surface area (TPSA) is 54.5 Å². The molecule has 0 spiro atoms. The first kappa shape index (κ1) is 18.4. The van der Waals surface area contributed by atoms with Crippen LogP contribution in [0.5, 0.6) is 0 Å². The zero-order valence-corrected chi connectivity index (χ0v) is 16.0. The summed E-state index contributed by atoms with van der Waals surface area (Å²) in [6.45, 7) is 6.15. The number of carbonyl (C=O) groups is 1. The maximum atomic E-state index is 13.2. The lowest BCUT2D eigenvalue weighted by Crippen LogP contribution is -2.41. The van der Waals surface area contributed by atoms with Crippen LogP contribution in [0, 0.1) is 6.92 Å². The molecule has 0 saturated heterocycles. The van der Waals surface area contributed by atoms with E-state index < -0.39 is 15.9 Å². The Bertz CT molecular complexity index is 943. The van der Waals surface area contributed by atoms with Gasteiger partial charge >= 0.3 is 0 Å². The number of benzene rings is 2. The van der Waals surface area contributed by atoms with Crippen LogP contribution in [0.4, 0.5) is 5.69 Å². The fourth-order valence-electron chi connectivity index (χ4n) is 3.12. The van der Waals surface area contributed by atoms with Crippen LogP contribution in [0.3, 0.4) is 0 Å². The molecule has 136 valence electrons. The van der Waals surface area contributed by atoms with Gasteiger partial charge in [0, 0.05) is 16.7 Å². The third-order valence-electron chi connectivity index (χ3n) is 4.56. The maximum Gasteiger partial charge on any atom is 0.258 e. The summed E-state index contributed by atoms with van der Waals surface area (Å²) in [5.41, 5.74) is 3.41. The molecular formula is C21H23NO3S. The normalized spacial score (nSPS) is 18.2. The maximum absolute atomic E-state index is 13.2. The molecular weight excluding hydrogens is 346 g/mol. The summed E-state index contributed by atoms with van der Waals surface area (Å²) < 4.78 is 23.8. The highest BCUT2D eigenvalue weighted by atomic mass is 32.2. The summed E-state index contributed by atoms with van der Waals surface area (Å²) in [5, 5.41) is 1.21. The zero-order chi connectivity index (χ0) is 18.9. The second-order valence-electron chi connectivity index (χ2n) is 7.02. The Balaban J connectivity index is 2.02. The van der Waals surface area contributed by atoms with Crippen molar-refractivity contribution in [1.29, 1.82) is 0 Å². The van der Waals surface area contributed by atoms with Crippen LogP contribution in [0.1, 0.15) is 41.3 Å². The van der Waals surface area contributed by atoms with Gasteiger partial charge in [-0.05, 0) is 48.7 Å². The average Bonchev–Trinajstić information content (AvgIpc) is 2.95.